The number of carbonyl (C=O) groups is 1. The molecule has 2 aromatic rings. The van der Waals surface area contributed by atoms with Crippen LogP contribution in [0.3, 0.4) is 0 Å². The minimum absolute atomic E-state index is 0.0576. The SMILES string of the molecule is CC(C)(C)NS(=O)(=O)c1ccc(NC(=S)NC(=O)/C=C/c2ccc(F)cc2)cc1. The standard InChI is InChI=1S/C20H22FN3O3S2/c1-20(2,3)24-29(26,27)17-11-9-16(10-12-17)22-19(28)23-18(25)13-6-14-4-7-15(21)8-5-14/h4-13,24H,1-3H3,(H2,22,23,25,28)/b13-6+. The second-order valence-electron chi connectivity index (χ2n) is 7.21. The third-order valence-corrected chi connectivity index (χ3v) is 5.37. The van der Waals surface area contributed by atoms with Crippen LogP contribution >= 0.6 is 12.2 Å². The van der Waals surface area contributed by atoms with E-state index in [1.807, 2.05) is 0 Å². The fourth-order valence-electron chi connectivity index (χ4n) is 2.24. The van der Waals surface area contributed by atoms with E-state index in [4.69, 9.17) is 12.2 Å². The van der Waals surface area contributed by atoms with Crippen molar-refractivity contribution >= 4 is 45.0 Å². The van der Waals surface area contributed by atoms with Crippen molar-refractivity contribution < 1.29 is 17.6 Å². The second-order valence-corrected chi connectivity index (χ2v) is 9.30. The van der Waals surface area contributed by atoms with E-state index in [2.05, 4.69) is 15.4 Å². The first-order valence-corrected chi connectivity index (χ1v) is 10.5. The van der Waals surface area contributed by atoms with E-state index in [1.54, 1.807) is 45.0 Å². The number of sulfonamides is 1. The molecule has 0 atom stereocenters. The lowest BCUT2D eigenvalue weighted by Gasteiger charge is -2.20. The highest BCUT2D eigenvalue weighted by Gasteiger charge is 2.21. The molecule has 0 saturated carbocycles. The maximum Gasteiger partial charge on any atom is 0.250 e. The molecule has 2 aromatic carbocycles. The molecule has 0 bridgehead atoms. The molecule has 0 aliphatic heterocycles. The molecule has 9 heteroatoms. The molecule has 154 valence electrons. The van der Waals surface area contributed by atoms with Crippen molar-refractivity contribution in [3.05, 3.63) is 66.0 Å². The van der Waals surface area contributed by atoms with Crippen molar-refractivity contribution in [2.45, 2.75) is 31.2 Å². The van der Waals surface area contributed by atoms with Crippen LogP contribution in [0.1, 0.15) is 26.3 Å². The summed E-state index contributed by atoms with van der Waals surface area (Å²) in [5, 5.41) is 5.34. The van der Waals surface area contributed by atoms with Gasteiger partial charge in [-0.05, 0) is 81.0 Å². The third-order valence-electron chi connectivity index (χ3n) is 3.40. The lowest BCUT2D eigenvalue weighted by molar-refractivity contribution is -0.115. The Balaban J connectivity index is 1.93. The lowest BCUT2D eigenvalue weighted by atomic mass is 10.1. The van der Waals surface area contributed by atoms with Crippen LogP contribution in [-0.4, -0.2) is 25.0 Å². The van der Waals surface area contributed by atoms with Crippen LogP contribution < -0.4 is 15.4 Å². The van der Waals surface area contributed by atoms with E-state index >= 15 is 0 Å². The Kier molecular flexibility index (Phi) is 7.23. The van der Waals surface area contributed by atoms with Gasteiger partial charge in [0.15, 0.2) is 5.11 Å². The third kappa shape index (κ3) is 7.72. The number of rotatable bonds is 5. The zero-order chi connectivity index (χ0) is 21.7. The van der Waals surface area contributed by atoms with E-state index < -0.39 is 21.5 Å². The molecular weight excluding hydrogens is 413 g/mol. The number of hydrogen-bond donors (Lipinski definition) is 3. The molecule has 0 aromatic heterocycles. The molecule has 0 fully saturated rings. The van der Waals surface area contributed by atoms with Gasteiger partial charge in [-0.15, -0.1) is 0 Å². The maximum atomic E-state index is 12.9. The zero-order valence-electron chi connectivity index (χ0n) is 16.2. The van der Waals surface area contributed by atoms with E-state index in [-0.39, 0.29) is 15.8 Å². The molecule has 0 heterocycles. The highest BCUT2D eigenvalue weighted by Crippen LogP contribution is 2.16. The Morgan fingerprint density at radius 1 is 1.03 bits per heavy atom. The van der Waals surface area contributed by atoms with Gasteiger partial charge in [0, 0.05) is 17.3 Å². The minimum Gasteiger partial charge on any atom is -0.332 e. The van der Waals surface area contributed by atoms with Gasteiger partial charge in [0.05, 0.1) is 4.90 Å². The Morgan fingerprint density at radius 3 is 2.17 bits per heavy atom. The van der Waals surface area contributed by atoms with Gasteiger partial charge in [-0.1, -0.05) is 12.1 Å². The summed E-state index contributed by atoms with van der Waals surface area (Å²) in [5.74, 6) is -0.814. The fraction of sp³-hybridized carbons (Fsp3) is 0.200. The van der Waals surface area contributed by atoms with Crippen molar-refractivity contribution in [2.24, 2.45) is 0 Å². The quantitative estimate of drug-likeness (QED) is 0.495. The van der Waals surface area contributed by atoms with Gasteiger partial charge in [0.1, 0.15) is 5.82 Å². The highest BCUT2D eigenvalue weighted by molar-refractivity contribution is 7.89. The summed E-state index contributed by atoms with van der Waals surface area (Å²) in [5.41, 5.74) is 0.594. The summed E-state index contributed by atoms with van der Waals surface area (Å²) in [6, 6.07) is 11.6. The molecule has 0 saturated heterocycles. The van der Waals surface area contributed by atoms with Gasteiger partial charge in [0.2, 0.25) is 15.9 Å². The van der Waals surface area contributed by atoms with E-state index in [1.165, 1.54) is 36.4 Å². The molecule has 29 heavy (non-hydrogen) atoms. The molecule has 0 aliphatic rings. The first-order chi connectivity index (χ1) is 13.4. The number of carbonyl (C=O) groups excluding carboxylic acids is 1. The molecular formula is C20H22FN3O3S2. The molecule has 0 aliphatic carbocycles. The molecule has 2 rings (SSSR count). The van der Waals surface area contributed by atoms with Gasteiger partial charge in [0.25, 0.3) is 0 Å². The summed E-state index contributed by atoms with van der Waals surface area (Å²) >= 11 is 5.08. The first kappa shape index (κ1) is 22.7. The number of halogens is 1. The van der Waals surface area contributed by atoms with Crippen molar-refractivity contribution in [2.75, 3.05) is 5.32 Å². The van der Waals surface area contributed by atoms with Gasteiger partial charge < -0.3 is 5.32 Å². The van der Waals surface area contributed by atoms with Crippen LogP contribution in [0.5, 0.6) is 0 Å². The molecule has 0 unspecified atom stereocenters. The average Bonchev–Trinajstić information content (AvgIpc) is 2.59. The molecule has 0 radical (unpaired) electrons. The van der Waals surface area contributed by atoms with Gasteiger partial charge in [-0.25, -0.2) is 17.5 Å². The summed E-state index contributed by atoms with van der Waals surface area (Å²) in [6.45, 7) is 5.27. The smallest absolute Gasteiger partial charge is 0.250 e. The Hall–Kier alpha value is -2.62. The van der Waals surface area contributed by atoms with Crippen LogP contribution in [0.2, 0.25) is 0 Å². The summed E-state index contributed by atoms with van der Waals surface area (Å²) in [4.78, 5) is 12.0. The largest absolute Gasteiger partial charge is 0.332 e. The molecule has 3 N–H and O–H groups in total. The monoisotopic (exact) mass is 435 g/mol. The number of hydrogen-bond acceptors (Lipinski definition) is 4. The number of amides is 1. The van der Waals surface area contributed by atoms with Crippen LogP contribution in [0, 0.1) is 5.82 Å². The Bertz CT molecular complexity index is 1010. The topological polar surface area (TPSA) is 87.3 Å². The Labute approximate surface area is 175 Å². The number of nitrogens with one attached hydrogen (secondary N) is 3. The minimum atomic E-state index is -3.63. The normalized spacial score (nSPS) is 12.0. The predicted molar refractivity (Wildman–Crippen MR) is 116 cm³/mol. The second kappa shape index (κ2) is 9.25. The average molecular weight is 436 g/mol. The van der Waals surface area contributed by atoms with Crippen LogP contribution in [0.25, 0.3) is 6.08 Å². The maximum absolute atomic E-state index is 12.9. The fourth-order valence-corrected chi connectivity index (χ4v) is 3.88. The molecule has 0 spiro atoms. The van der Waals surface area contributed by atoms with E-state index in [0.29, 0.717) is 11.3 Å². The van der Waals surface area contributed by atoms with Gasteiger partial charge >= 0.3 is 0 Å². The Morgan fingerprint density at radius 2 is 1.62 bits per heavy atom. The first-order valence-electron chi connectivity index (χ1n) is 8.64. The van der Waals surface area contributed by atoms with Gasteiger partial charge in [-0.3, -0.25) is 10.1 Å². The van der Waals surface area contributed by atoms with Crippen molar-refractivity contribution in [3.8, 4) is 0 Å². The van der Waals surface area contributed by atoms with Crippen LogP contribution in [-0.2, 0) is 14.8 Å². The number of anilines is 1. The molecule has 6 nitrogen and oxygen atoms in total. The summed E-state index contributed by atoms with van der Waals surface area (Å²) in [6.07, 6.45) is 2.80. The van der Waals surface area contributed by atoms with Crippen molar-refractivity contribution in [3.63, 3.8) is 0 Å². The summed E-state index contributed by atoms with van der Waals surface area (Å²) in [7, 11) is -3.63. The van der Waals surface area contributed by atoms with Crippen LogP contribution in [0.4, 0.5) is 10.1 Å². The van der Waals surface area contributed by atoms with Crippen LogP contribution in [0.15, 0.2) is 59.5 Å². The summed E-state index contributed by atoms with van der Waals surface area (Å²) < 4.78 is 40.0. The zero-order valence-corrected chi connectivity index (χ0v) is 17.8. The number of thiocarbonyl (C=S) groups is 1. The van der Waals surface area contributed by atoms with Gasteiger partial charge in [-0.2, -0.15) is 0 Å². The van der Waals surface area contributed by atoms with Crippen molar-refractivity contribution in [1.82, 2.24) is 10.0 Å². The van der Waals surface area contributed by atoms with E-state index in [0.717, 1.165) is 0 Å². The highest BCUT2D eigenvalue weighted by atomic mass is 32.2. The number of benzene rings is 2. The lowest BCUT2D eigenvalue weighted by Crippen LogP contribution is -2.40. The predicted octanol–water partition coefficient (Wildman–Crippen LogP) is 3.43. The van der Waals surface area contributed by atoms with Crippen molar-refractivity contribution in [1.29, 1.82) is 0 Å². The van der Waals surface area contributed by atoms with E-state index in [9.17, 15) is 17.6 Å². The molecule has 1 amide bonds.